The second kappa shape index (κ2) is 13.7. The molecule has 1 fully saturated rings. The van der Waals surface area contributed by atoms with E-state index in [0.717, 1.165) is 36.4 Å². The maximum absolute atomic E-state index is 14.7. The Labute approximate surface area is 250 Å². The van der Waals surface area contributed by atoms with Crippen molar-refractivity contribution in [2.45, 2.75) is 62.6 Å². The van der Waals surface area contributed by atoms with Crippen molar-refractivity contribution in [1.29, 1.82) is 0 Å². The lowest BCUT2D eigenvalue weighted by Gasteiger charge is -2.33. The first-order chi connectivity index (χ1) is 19.6. The Bertz CT molecular complexity index is 1480. The predicted octanol–water partition coefficient (Wildman–Crippen LogP) is 6.19. The molecule has 1 aliphatic rings. The number of amides is 2. The molecule has 0 unspecified atom stereocenters. The standard InChI is InChI=1S/C30H32Cl2FN3O4S/c1-21(30(38)34-24-11-4-2-5-12-24)35(19-22-10-8-9-15-27(22)33)29(37)20-36(28-17-16-23(31)18-26(28)32)41(39,40)25-13-6-3-7-14-25/h3,6-10,13-18,21,24H,2,4-5,11-12,19-20H2,1H3,(H,34,38)/t21-/m1/s1. The van der Waals surface area contributed by atoms with Crippen molar-refractivity contribution in [2.75, 3.05) is 10.8 Å². The first-order valence-electron chi connectivity index (χ1n) is 13.4. The van der Waals surface area contributed by atoms with Gasteiger partial charge in [0.1, 0.15) is 18.4 Å². The minimum absolute atomic E-state index is 0.00746. The molecule has 2 amide bonds. The number of hydrogen-bond donors (Lipinski definition) is 1. The first-order valence-corrected chi connectivity index (χ1v) is 15.6. The summed E-state index contributed by atoms with van der Waals surface area (Å²) in [5, 5.41) is 3.33. The normalized spacial score (nSPS) is 14.7. The zero-order valence-corrected chi connectivity index (χ0v) is 24.9. The third-order valence-corrected chi connectivity index (χ3v) is 9.52. The lowest BCUT2D eigenvalue weighted by atomic mass is 9.95. The minimum Gasteiger partial charge on any atom is -0.352 e. The van der Waals surface area contributed by atoms with E-state index in [-0.39, 0.29) is 44.7 Å². The van der Waals surface area contributed by atoms with Gasteiger partial charge in [-0.1, -0.05) is 78.9 Å². The second-order valence-corrected chi connectivity index (χ2v) is 12.8. The van der Waals surface area contributed by atoms with Gasteiger partial charge >= 0.3 is 0 Å². The van der Waals surface area contributed by atoms with Gasteiger partial charge in [-0.05, 0) is 56.2 Å². The fraction of sp³-hybridized carbons (Fsp3) is 0.333. The van der Waals surface area contributed by atoms with E-state index in [1.807, 2.05) is 0 Å². The Morgan fingerprint density at radius 3 is 2.29 bits per heavy atom. The van der Waals surface area contributed by atoms with Crippen LogP contribution in [0.3, 0.4) is 0 Å². The smallest absolute Gasteiger partial charge is 0.264 e. The predicted molar refractivity (Wildman–Crippen MR) is 159 cm³/mol. The van der Waals surface area contributed by atoms with Gasteiger partial charge in [-0.3, -0.25) is 13.9 Å². The minimum atomic E-state index is -4.28. The molecule has 11 heteroatoms. The molecule has 0 saturated heterocycles. The van der Waals surface area contributed by atoms with E-state index in [9.17, 15) is 22.4 Å². The van der Waals surface area contributed by atoms with E-state index in [1.54, 1.807) is 31.2 Å². The van der Waals surface area contributed by atoms with E-state index >= 15 is 0 Å². The van der Waals surface area contributed by atoms with Crippen LogP contribution in [0.4, 0.5) is 10.1 Å². The van der Waals surface area contributed by atoms with Gasteiger partial charge in [0.2, 0.25) is 11.8 Å². The molecule has 218 valence electrons. The van der Waals surface area contributed by atoms with Crippen LogP contribution in [-0.2, 0) is 26.2 Å². The van der Waals surface area contributed by atoms with Crippen LogP contribution in [0.25, 0.3) is 0 Å². The van der Waals surface area contributed by atoms with Gasteiger partial charge < -0.3 is 10.2 Å². The van der Waals surface area contributed by atoms with Gasteiger partial charge in [-0.2, -0.15) is 0 Å². The second-order valence-electron chi connectivity index (χ2n) is 10.1. The molecule has 0 spiro atoms. The molecule has 41 heavy (non-hydrogen) atoms. The van der Waals surface area contributed by atoms with E-state index in [4.69, 9.17) is 23.2 Å². The molecule has 0 bridgehead atoms. The third-order valence-electron chi connectivity index (χ3n) is 7.21. The third kappa shape index (κ3) is 7.58. The van der Waals surface area contributed by atoms with Crippen molar-refractivity contribution in [1.82, 2.24) is 10.2 Å². The summed E-state index contributed by atoms with van der Waals surface area (Å²) in [5.74, 6) is -1.63. The van der Waals surface area contributed by atoms with Crippen LogP contribution in [0.5, 0.6) is 0 Å². The summed E-state index contributed by atoms with van der Waals surface area (Å²) in [5.41, 5.74) is 0.235. The molecule has 3 aromatic carbocycles. The zero-order chi connectivity index (χ0) is 29.6. The average molecular weight is 621 g/mol. The quantitative estimate of drug-likeness (QED) is 0.293. The first kappa shape index (κ1) is 30.8. The SMILES string of the molecule is C[C@H](C(=O)NC1CCCCC1)N(Cc1ccccc1F)C(=O)CN(c1ccc(Cl)cc1Cl)S(=O)(=O)c1ccccc1. The molecule has 7 nitrogen and oxygen atoms in total. The number of carbonyl (C=O) groups excluding carboxylic acids is 2. The molecule has 1 saturated carbocycles. The van der Waals surface area contributed by atoms with Gasteiger partial charge in [0.15, 0.2) is 0 Å². The summed E-state index contributed by atoms with van der Waals surface area (Å²) in [7, 11) is -4.28. The van der Waals surface area contributed by atoms with E-state index in [2.05, 4.69) is 5.32 Å². The summed E-state index contributed by atoms with van der Waals surface area (Å²) in [6, 6.07) is 16.8. The van der Waals surface area contributed by atoms with E-state index in [1.165, 1.54) is 53.4 Å². The number of anilines is 1. The van der Waals surface area contributed by atoms with Gasteiger partial charge in [0.05, 0.1) is 15.6 Å². The molecular weight excluding hydrogens is 588 g/mol. The fourth-order valence-electron chi connectivity index (χ4n) is 4.88. The van der Waals surface area contributed by atoms with Crippen molar-refractivity contribution in [3.63, 3.8) is 0 Å². The number of benzene rings is 3. The van der Waals surface area contributed by atoms with Gasteiger partial charge in [0.25, 0.3) is 10.0 Å². The maximum Gasteiger partial charge on any atom is 0.264 e. The highest BCUT2D eigenvalue weighted by Crippen LogP contribution is 2.33. The van der Waals surface area contributed by atoms with Crippen LogP contribution in [0.15, 0.2) is 77.7 Å². The van der Waals surface area contributed by atoms with Crippen molar-refractivity contribution in [2.24, 2.45) is 0 Å². The van der Waals surface area contributed by atoms with Crippen LogP contribution in [0, 0.1) is 5.82 Å². The largest absolute Gasteiger partial charge is 0.352 e. The van der Waals surface area contributed by atoms with Crippen LogP contribution in [-0.4, -0.2) is 43.8 Å². The maximum atomic E-state index is 14.7. The number of hydrogen-bond acceptors (Lipinski definition) is 4. The molecule has 3 aromatic rings. The number of nitrogens with one attached hydrogen (secondary N) is 1. The van der Waals surface area contributed by atoms with Crippen LogP contribution in [0.1, 0.15) is 44.6 Å². The molecule has 0 aliphatic heterocycles. The zero-order valence-electron chi connectivity index (χ0n) is 22.6. The van der Waals surface area contributed by atoms with Crippen molar-refractivity contribution in [3.8, 4) is 0 Å². The highest BCUT2D eigenvalue weighted by Gasteiger charge is 2.34. The Hall–Kier alpha value is -3.14. The molecule has 0 radical (unpaired) electrons. The Kier molecular flexibility index (Phi) is 10.3. The van der Waals surface area contributed by atoms with Crippen molar-refractivity contribution < 1.29 is 22.4 Å². The lowest BCUT2D eigenvalue weighted by molar-refractivity contribution is -0.139. The fourth-order valence-corrected chi connectivity index (χ4v) is 6.89. The summed E-state index contributed by atoms with van der Waals surface area (Å²) in [6.07, 6.45) is 4.81. The Morgan fingerprint density at radius 2 is 1.63 bits per heavy atom. The number of nitrogens with zero attached hydrogens (tertiary/aromatic N) is 2. The summed E-state index contributed by atoms with van der Waals surface area (Å²) in [4.78, 5) is 28.5. The number of carbonyl (C=O) groups is 2. The highest BCUT2D eigenvalue weighted by atomic mass is 35.5. The number of sulfonamides is 1. The molecule has 1 N–H and O–H groups in total. The lowest BCUT2D eigenvalue weighted by Crippen LogP contribution is -2.53. The average Bonchev–Trinajstić information content (AvgIpc) is 2.96. The molecule has 1 aliphatic carbocycles. The summed E-state index contributed by atoms with van der Waals surface area (Å²) < 4.78 is 43.3. The highest BCUT2D eigenvalue weighted by molar-refractivity contribution is 7.92. The van der Waals surface area contributed by atoms with Crippen LogP contribution in [0.2, 0.25) is 10.0 Å². The van der Waals surface area contributed by atoms with E-state index in [0.29, 0.717) is 0 Å². The molecule has 1 atom stereocenters. The monoisotopic (exact) mass is 619 g/mol. The van der Waals surface area contributed by atoms with Gasteiger partial charge in [-0.15, -0.1) is 0 Å². The van der Waals surface area contributed by atoms with Gasteiger partial charge in [0, 0.05) is 23.2 Å². The van der Waals surface area contributed by atoms with E-state index < -0.39 is 34.3 Å². The molecule has 0 aromatic heterocycles. The van der Waals surface area contributed by atoms with Crippen molar-refractivity contribution >= 4 is 50.7 Å². The topological polar surface area (TPSA) is 86.8 Å². The summed E-state index contributed by atoms with van der Waals surface area (Å²) >= 11 is 12.5. The Morgan fingerprint density at radius 1 is 0.976 bits per heavy atom. The number of halogens is 3. The molecule has 4 rings (SSSR count). The van der Waals surface area contributed by atoms with Crippen LogP contribution < -0.4 is 9.62 Å². The molecular formula is C30H32Cl2FN3O4S. The number of rotatable bonds is 10. The molecule has 0 heterocycles. The summed E-state index contributed by atoms with van der Waals surface area (Å²) in [6.45, 7) is 0.634. The Balaban J connectivity index is 1.70. The van der Waals surface area contributed by atoms with Crippen molar-refractivity contribution in [3.05, 3.63) is 94.2 Å². The van der Waals surface area contributed by atoms with Crippen LogP contribution >= 0.6 is 23.2 Å². The van der Waals surface area contributed by atoms with Gasteiger partial charge in [-0.25, -0.2) is 12.8 Å².